The van der Waals surface area contributed by atoms with Crippen molar-refractivity contribution in [3.8, 4) is 11.1 Å². The second-order valence-electron chi connectivity index (χ2n) is 3.67. The average molecular weight is 275 g/mol. The fraction of sp³-hybridized carbons (Fsp3) is 0.0714. The van der Waals surface area contributed by atoms with E-state index in [1.165, 1.54) is 0 Å². The van der Waals surface area contributed by atoms with Gasteiger partial charge in [-0.1, -0.05) is 46.3 Å². The molecule has 0 bridgehead atoms. The predicted octanol–water partition coefficient (Wildman–Crippen LogP) is 4.24. The third-order valence-corrected chi connectivity index (χ3v) is 3.28. The minimum atomic E-state index is 0.744. The molecule has 0 aliphatic heterocycles. The summed E-state index contributed by atoms with van der Waals surface area (Å²) in [5.41, 5.74) is 3.91. The van der Waals surface area contributed by atoms with Gasteiger partial charge in [-0.15, -0.1) is 0 Å². The van der Waals surface area contributed by atoms with Crippen LogP contribution in [-0.4, -0.2) is 6.29 Å². The van der Waals surface area contributed by atoms with E-state index in [0.717, 1.165) is 33.0 Å². The Bertz CT molecular complexity index is 532. The Morgan fingerprint density at radius 3 is 2.56 bits per heavy atom. The van der Waals surface area contributed by atoms with E-state index >= 15 is 0 Å². The summed E-state index contributed by atoms with van der Waals surface area (Å²) < 4.78 is 1.04. The molecular formula is C14H11BrO. The fourth-order valence-corrected chi connectivity index (χ4v) is 2.14. The number of carbonyl (C=O) groups excluding carboxylic acids is 1. The predicted molar refractivity (Wildman–Crippen MR) is 69.7 cm³/mol. The number of hydrogen-bond acceptors (Lipinski definition) is 1. The Kier molecular flexibility index (Phi) is 3.20. The first-order valence-electron chi connectivity index (χ1n) is 5.03. The molecule has 16 heavy (non-hydrogen) atoms. The maximum absolute atomic E-state index is 10.9. The summed E-state index contributed by atoms with van der Waals surface area (Å²) >= 11 is 3.51. The van der Waals surface area contributed by atoms with Gasteiger partial charge in [0, 0.05) is 10.0 Å². The molecule has 0 saturated carbocycles. The highest BCUT2D eigenvalue weighted by Gasteiger charge is 2.04. The van der Waals surface area contributed by atoms with Crippen molar-refractivity contribution in [2.45, 2.75) is 6.92 Å². The van der Waals surface area contributed by atoms with Gasteiger partial charge in [0.2, 0.25) is 0 Å². The van der Waals surface area contributed by atoms with Crippen molar-refractivity contribution in [2.24, 2.45) is 0 Å². The Morgan fingerprint density at radius 1 is 1.12 bits per heavy atom. The van der Waals surface area contributed by atoms with E-state index in [1.54, 1.807) is 0 Å². The summed E-state index contributed by atoms with van der Waals surface area (Å²) in [6, 6.07) is 13.9. The van der Waals surface area contributed by atoms with Crippen molar-refractivity contribution in [1.29, 1.82) is 0 Å². The van der Waals surface area contributed by atoms with Crippen LogP contribution in [0, 0.1) is 6.92 Å². The fourth-order valence-electron chi connectivity index (χ4n) is 1.63. The zero-order valence-corrected chi connectivity index (χ0v) is 10.5. The molecule has 0 aliphatic rings. The molecule has 2 heteroatoms. The van der Waals surface area contributed by atoms with Crippen molar-refractivity contribution in [1.82, 2.24) is 0 Å². The first-order valence-corrected chi connectivity index (χ1v) is 5.82. The van der Waals surface area contributed by atoms with Crippen molar-refractivity contribution in [3.63, 3.8) is 0 Å². The quantitative estimate of drug-likeness (QED) is 0.749. The molecule has 0 unspecified atom stereocenters. The van der Waals surface area contributed by atoms with Gasteiger partial charge in [0.15, 0.2) is 0 Å². The Hall–Kier alpha value is -1.41. The van der Waals surface area contributed by atoms with Gasteiger partial charge in [-0.05, 0) is 35.7 Å². The lowest BCUT2D eigenvalue weighted by molar-refractivity contribution is 0.112. The van der Waals surface area contributed by atoms with Crippen LogP contribution in [0.1, 0.15) is 15.9 Å². The summed E-state index contributed by atoms with van der Waals surface area (Å²) in [7, 11) is 0. The third-order valence-electron chi connectivity index (χ3n) is 2.59. The number of aldehydes is 1. The molecule has 0 heterocycles. The summed E-state index contributed by atoms with van der Waals surface area (Å²) in [6.07, 6.45) is 0.898. The lowest BCUT2D eigenvalue weighted by Crippen LogP contribution is -1.88. The first kappa shape index (κ1) is 11.1. The lowest BCUT2D eigenvalue weighted by Gasteiger charge is -2.06. The number of rotatable bonds is 2. The number of halogens is 1. The van der Waals surface area contributed by atoms with Crippen molar-refractivity contribution in [2.75, 3.05) is 0 Å². The molecule has 2 rings (SSSR count). The van der Waals surface area contributed by atoms with E-state index in [1.807, 2.05) is 49.4 Å². The minimum absolute atomic E-state index is 0.744. The van der Waals surface area contributed by atoms with Gasteiger partial charge in [0.05, 0.1) is 0 Å². The molecule has 0 fully saturated rings. The van der Waals surface area contributed by atoms with Crippen LogP contribution < -0.4 is 0 Å². The summed E-state index contributed by atoms with van der Waals surface area (Å²) in [4.78, 5) is 10.9. The highest BCUT2D eigenvalue weighted by atomic mass is 79.9. The molecule has 0 aliphatic carbocycles. The minimum Gasteiger partial charge on any atom is -0.298 e. The molecule has 80 valence electrons. The van der Waals surface area contributed by atoms with E-state index in [0.29, 0.717) is 0 Å². The van der Waals surface area contributed by atoms with Crippen LogP contribution in [0.15, 0.2) is 46.9 Å². The highest BCUT2D eigenvalue weighted by Crippen LogP contribution is 2.28. The van der Waals surface area contributed by atoms with Crippen molar-refractivity contribution < 1.29 is 4.79 Å². The van der Waals surface area contributed by atoms with Crippen LogP contribution >= 0.6 is 15.9 Å². The zero-order valence-electron chi connectivity index (χ0n) is 8.91. The van der Waals surface area contributed by atoms with E-state index in [-0.39, 0.29) is 0 Å². The van der Waals surface area contributed by atoms with Crippen LogP contribution in [0.2, 0.25) is 0 Å². The second-order valence-corrected chi connectivity index (χ2v) is 4.52. The van der Waals surface area contributed by atoms with Crippen LogP contribution in [-0.2, 0) is 0 Å². The van der Waals surface area contributed by atoms with Crippen LogP contribution in [0.4, 0.5) is 0 Å². The van der Waals surface area contributed by atoms with Crippen LogP contribution in [0.5, 0.6) is 0 Å². The third kappa shape index (κ3) is 2.07. The molecule has 0 atom stereocenters. The van der Waals surface area contributed by atoms with E-state index in [4.69, 9.17) is 0 Å². The van der Waals surface area contributed by atoms with Crippen LogP contribution in [0.3, 0.4) is 0 Å². The lowest BCUT2D eigenvalue weighted by atomic mass is 10.0. The molecule has 0 N–H and O–H groups in total. The number of benzene rings is 2. The number of aryl methyl sites for hydroxylation is 1. The molecule has 1 nitrogen and oxygen atoms in total. The SMILES string of the molecule is Cc1ccc(-c2ccccc2Br)cc1C=O. The smallest absolute Gasteiger partial charge is 0.150 e. The van der Waals surface area contributed by atoms with Gasteiger partial charge >= 0.3 is 0 Å². The van der Waals surface area contributed by atoms with Gasteiger partial charge in [0.1, 0.15) is 6.29 Å². The maximum atomic E-state index is 10.9. The normalized spacial score (nSPS) is 10.1. The average Bonchev–Trinajstić information content (AvgIpc) is 2.31. The molecule has 2 aromatic carbocycles. The molecule has 0 amide bonds. The Balaban J connectivity index is 2.57. The Labute approximate surface area is 103 Å². The first-order chi connectivity index (χ1) is 7.72. The molecule has 0 spiro atoms. The van der Waals surface area contributed by atoms with Gasteiger partial charge in [-0.2, -0.15) is 0 Å². The highest BCUT2D eigenvalue weighted by molar-refractivity contribution is 9.10. The molecule has 0 radical (unpaired) electrons. The molecule has 2 aromatic rings. The summed E-state index contributed by atoms with van der Waals surface area (Å²) in [6.45, 7) is 1.94. The topological polar surface area (TPSA) is 17.1 Å². The van der Waals surface area contributed by atoms with Gasteiger partial charge in [-0.25, -0.2) is 0 Å². The second kappa shape index (κ2) is 4.62. The van der Waals surface area contributed by atoms with Gasteiger partial charge < -0.3 is 0 Å². The van der Waals surface area contributed by atoms with E-state index in [2.05, 4.69) is 15.9 Å². The Morgan fingerprint density at radius 2 is 1.88 bits per heavy atom. The number of carbonyl (C=O) groups is 1. The van der Waals surface area contributed by atoms with Gasteiger partial charge in [0.25, 0.3) is 0 Å². The zero-order chi connectivity index (χ0) is 11.5. The molecule has 0 aromatic heterocycles. The summed E-state index contributed by atoms with van der Waals surface area (Å²) in [5.74, 6) is 0. The monoisotopic (exact) mass is 274 g/mol. The molecule has 0 saturated heterocycles. The largest absolute Gasteiger partial charge is 0.298 e. The molecular weight excluding hydrogens is 264 g/mol. The van der Waals surface area contributed by atoms with Crippen LogP contribution in [0.25, 0.3) is 11.1 Å². The van der Waals surface area contributed by atoms with Crippen molar-refractivity contribution >= 4 is 22.2 Å². The summed E-state index contributed by atoms with van der Waals surface area (Å²) in [5, 5.41) is 0. The number of hydrogen-bond donors (Lipinski definition) is 0. The van der Waals surface area contributed by atoms with E-state index < -0.39 is 0 Å². The van der Waals surface area contributed by atoms with E-state index in [9.17, 15) is 4.79 Å². The maximum Gasteiger partial charge on any atom is 0.150 e. The van der Waals surface area contributed by atoms with Crippen molar-refractivity contribution in [3.05, 3.63) is 58.1 Å². The van der Waals surface area contributed by atoms with Gasteiger partial charge in [-0.3, -0.25) is 4.79 Å². The standard InChI is InChI=1S/C14H11BrO/c1-10-6-7-11(8-12(10)9-16)13-4-2-3-5-14(13)15/h2-9H,1H3.